The summed E-state index contributed by atoms with van der Waals surface area (Å²) in [5.41, 5.74) is 6.97. The number of fused-ring (bicyclic) bond motifs is 1. The van der Waals surface area contributed by atoms with Crippen molar-refractivity contribution in [1.82, 2.24) is 9.55 Å². The fourth-order valence-corrected chi connectivity index (χ4v) is 4.38. The van der Waals surface area contributed by atoms with E-state index >= 15 is 0 Å². The predicted molar refractivity (Wildman–Crippen MR) is 128 cm³/mol. The third-order valence-corrected chi connectivity index (χ3v) is 6.22. The zero-order chi connectivity index (χ0) is 24.7. The second kappa shape index (κ2) is 8.41. The lowest BCUT2D eigenvalue weighted by Gasteiger charge is -2.34. The van der Waals surface area contributed by atoms with Crippen molar-refractivity contribution in [2.24, 2.45) is 5.73 Å². The monoisotopic (exact) mass is 459 g/mol. The van der Waals surface area contributed by atoms with Crippen LogP contribution >= 0.6 is 0 Å². The highest BCUT2D eigenvalue weighted by molar-refractivity contribution is 6.01. The quantitative estimate of drug-likeness (QED) is 0.439. The van der Waals surface area contributed by atoms with Gasteiger partial charge in [0.1, 0.15) is 5.82 Å². The maximum absolute atomic E-state index is 13.8. The van der Waals surface area contributed by atoms with Crippen molar-refractivity contribution in [2.75, 3.05) is 0 Å². The Bertz CT molecular complexity index is 1370. The number of nitrogens with two attached hydrogens (primary N) is 1. The van der Waals surface area contributed by atoms with Crippen LogP contribution in [0.1, 0.15) is 48.0 Å². The number of carbonyl (C=O) groups is 2. The molecule has 0 spiro atoms. The molecule has 34 heavy (non-hydrogen) atoms. The number of carbonyl (C=O) groups excluding carboxylic acids is 1. The first-order chi connectivity index (χ1) is 16.0. The lowest BCUT2D eigenvalue weighted by molar-refractivity contribution is -0.124. The Labute approximate surface area is 196 Å². The second-order valence-corrected chi connectivity index (χ2v) is 9.44. The van der Waals surface area contributed by atoms with Gasteiger partial charge in [0.2, 0.25) is 5.91 Å². The van der Waals surface area contributed by atoms with E-state index < -0.39 is 23.2 Å². The molecule has 1 atom stereocenters. The van der Waals surface area contributed by atoms with Gasteiger partial charge < -0.3 is 15.4 Å². The Balaban J connectivity index is 2.00. The number of primary amides is 1. The van der Waals surface area contributed by atoms with Gasteiger partial charge in [0, 0.05) is 24.2 Å². The van der Waals surface area contributed by atoms with Crippen molar-refractivity contribution in [3.8, 4) is 0 Å². The minimum atomic E-state index is -1.52. The van der Waals surface area contributed by atoms with Crippen molar-refractivity contribution in [1.29, 1.82) is 0 Å². The number of aromatic nitrogens is 2. The van der Waals surface area contributed by atoms with Crippen LogP contribution in [0.15, 0.2) is 73.1 Å². The number of carboxylic acid groups (broad SMARTS) is 1. The van der Waals surface area contributed by atoms with Gasteiger partial charge in [-0.15, -0.1) is 0 Å². The highest BCUT2D eigenvalue weighted by atomic mass is 19.1. The molecule has 3 N–H and O–H groups in total. The van der Waals surface area contributed by atoms with Gasteiger partial charge in [0.05, 0.1) is 5.52 Å². The molecule has 0 aliphatic carbocycles. The SMILES string of the molecule is CC(C)(C)c1ccc(CC(C(N)=O)(c2ccc(F)cc2)n2ccc3ccnc(C(=O)O)c32)cc1. The van der Waals surface area contributed by atoms with E-state index in [1.54, 1.807) is 22.9 Å². The number of benzene rings is 2. The molecule has 2 aromatic heterocycles. The molecule has 2 heterocycles. The van der Waals surface area contributed by atoms with Crippen molar-refractivity contribution < 1.29 is 19.1 Å². The Morgan fingerprint density at radius 1 is 0.971 bits per heavy atom. The van der Waals surface area contributed by atoms with E-state index in [1.165, 1.54) is 30.5 Å². The molecule has 7 heteroatoms. The maximum atomic E-state index is 13.8. The fraction of sp³-hybridized carbons (Fsp3) is 0.222. The summed E-state index contributed by atoms with van der Waals surface area (Å²) in [6, 6.07) is 16.8. The maximum Gasteiger partial charge on any atom is 0.356 e. The summed E-state index contributed by atoms with van der Waals surface area (Å²) in [5, 5.41) is 10.4. The van der Waals surface area contributed by atoms with Crippen LogP contribution in [0.3, 0.4) is 0 Å². The molecule has 0 radical (unpaired) electrons. The zero-order valence-electron chi connectivity index (χ0n) is 19.2. The van der Waals surface area contributed by atoms with E-state index in [0.29, 0.717) is 10.9 Å². The first kappa shape index (κ1) is 23.2. The number of halogens is 1. The molecule has 2 aromatic carbocycles. The third-order valence-electron chi connectivity index (χ3n) is 6.22. The molecule has 0 aliphatic rings. The first-order valence-electron chi connectivity index (χ1n) is 10.9. The Kier molecular flexibility index (Phi) is 5.73. The van der Waals surface area contributed by atoms with E-state index in [4.69, 9.17) is 5.73 Å². The summed E-state index contributed by atoms with van der Waals surface area (Å²) in [6.45, 7) is 6.34. The van der Waals surface area contributed by atoms with E-state index in [2.05, 4.69) is 25.8 Å². The van der Waals surface area contributed by atoms with Crippen molar-refractivity contribution in [2.45, 2.75) is 38.1 Å². The molecule has 6 nitrogen and oxygen atoms in total. The van der Waals surface area contributed by atoms with Gasteiger partial charge in [0.25, 0.3) is 0 Å². The van der Waals surface area contributed by atoms with Gasteiger partial charge >= 0.3 is 5.97 Å². The topological polar surface area (TPSA) is 98.2 Å². The highest BCUT2D eigenvalue weighted by Gasteiger charge is 2.42. The molecule has 174 valence electrons. The molecule has 0 fully saturated rings. The number of nitrogens with zero attached hydrogens (tertiary/aromatic N) is 2. The fourth-order valence-electron chi connectivity index (χ4n) is 4.38. The molecule has 1 unspecified atom stereocenters. The third kappa shape index (κ3) is 3.94. The van der Waals surface area contributed by atoms with E-state index in [9.17, 15) is 19.1 Å². The average Bonchev–Trinajstić information content (AvgIpc) is 3.22. The normalized spacial score (nSPS) is 13.5. The average molecular weight is 460 g/mol. The van der Waals surface area contributed by atoms with Crippen LogP contribution in [0.4, 0.5) is 4.39 Å². The number of pyridine rings is 1. The van der Waals surface area contributed by atoms with Crippen LogP contribution in [0.25, 0.3) is 10.9 Å². The number of amides is 1. The lowest BCUT2D eigenvalue weighted by atomic mass is 9.81. The summed E-state index contributed by atoms with van der Waals surface area (Å²) in [7, 11) is 0. The number of hydrogen-bond acceptors (Lipinski definition) is 3. The lowest BCUT2D eigenvalue weighted by Crippen LogP contribution is -2.49. The summed E-state index contributed by atoms with van der Waals surface area (Å²) in [4.78, 5) is 29.3. The van der Waals surface area contributed by atoms with Crippen LogP contribution in [-0.2, 0) is 22.2 Å². The standard InChI is InChI=1S/C27H26FN3O3/c1-26(2,3)19-6-4-17(5-7-19)16-27(25(29)34,20-8-10-21(28)11-9-20)31-15-13-18-12-14-30-22(23(18)31)24(32)33/h4-15H,16H2,1-3H3,(H2,29,34)(H,32,33). The van der Waals surface area contributed by atoms with Gasteiger partial charge in [0.15, 0.2) is 11.2 Å². The highest BCUT2D eigenvalue weighted by Crippen LogP contribution is 2.36. The summed E-state index contributed by atoms with van der Waals surface area (Å²) in [5.74, 6) is -2.38. The summed E-state index contributed by atoms with van der Waals surface area (Å²) >= 11 is 0. The van der Waals surface area contributed by atoms with Gasteiger partial charge in [-0.2, -0.15) is 0 Å². The molecule has 1 amide bonds. The zero-order valence-corrected chi connectivity index (χ0v) is 19.2. The van der Waals surface area contributed by atoms with Crippen LogP contribution in [-0.4, -0.2) is 26.5 Å². The Morgan fingerprint density at radius 3 is 2.15 bits per heavy atom. The van der Waals surface area contributed by atoms with Crippen LogP contribution in [0.2, 0.25) is 0 Å². The number of aromatic carboxylic acids is 1. The smallest absolute Gasteiger partial charge is 0.356 e. The van der Waals surface area contributed by atoms with E-state index in [0.717, 1.165) is 11.1 Å². The van der Waals surface area contributed by atoms with Crippen LogP contribution < -0.4 is 5.73 Å². The minimum absolute atomic E-state index is 0.0467. The molecule has 0 saturated carbocycles. The molecule has 4 aromatic rings. The molecule has 0 bridgehead atoms. The molecular weight excluding hydrogens is 433 g/mol. The molecule has 0 aliphatic heterocycles. The van der Waals surface area contributed by atoms with Crippen molar-refractivity contribution >= 4 is 22.8 Å². The summed E-state index contributed by atoms with van der Waals surface area (Å²) < 4.78 is 15.4. The summed E-state index contributed by atoms with van der Waals surface area (Å²) in [6.07, 6.45) is 3.18. The Morgan fingerprint density at radius 2 is 1.59 bits per heavy atom. The van der Waals surface area contributed by atoms with Gasteiger partial charge in [-0.1, -0.05) is 57.2 Å². The minimum Gasteiger partial charge on any atom is -0.476 e. The second-order valence-electron chi connectivity index (χ2n) is 9.44. The predicted octanol–water partition coefficient (Wildman–Crippen LogP) is 4.64. The van der Waals surface area contributed by atoms with Crippen molar-refractivity contribution in [3.63, 3.8) is 0 Å². The molecule has 0 saturated heterocycles. The molecular formula is C27H26FN3O3. The van der Waals surface area contributed by atoms with Gasteiger partial charge in [-0.25, -0.2) is 14.2 Å². The van der Waals surface area contributed by atoms with E-state index in [-0.39, 0.29) is 23.0 Å². The van der Waals surface area contributed by atoms with Crippen LogP contribution in [0.5, 0.6) is 0 Å². The van der Waals surface area contributed by atoms with E-state index in [1.807, 2.05) is 24.3 Å². The van der Waals surface area contributed by atoms with Gasteiger partial charge in [-0.3, -0.25) is 4.79 Å². The van der Waals surface area contributed by atoms with Crippen LogP contribution in [0, 0.1) is 5.82 Å². The largest absolute Gasteiger partial charge is 0.476 e. The number of rotatable bonds is 6. The first-order valence-corrected chi connectivity index (χ1v) is 10.9. The molecule has 4 rings (SSSR count). The number of hydrogen-bond donors (Lipinski definition) is 2. The van der Waals surface area contributed by atoms with Crippen molar-refractivity contribution in [3.05, 3.63) is 101 Å². The van der Waals surface area contributed by atoms with Gasteiger partial charge in [-0.05, 0) is 46.4 Å². The number of carboxylic acids is 1. The Hall–Kier alpha value is -4.00.